The van der Waals surface area contributed by atoms with Crippen molar-refractivity contribution in [1.82, 2.24) is 0 Å². The minimum Gasteiger partial charge on any atom is -0.0972 e. The summed E-state index contributed by atoms with van der Waals surface area (Å²) < 4.78 is 0. The van der Waals surface area contributed by atoms with Gasteiger partial charge in [-0.05, 0) is 47.4 Å². The zero-order chi connectivity index (χ0) is 14.8. The third-order valence-corrected chi connectivity index (χ3v) is 5.28. The van der Waals surface area contributed by atoms with Crippen LogP contribution in [0, 0.1) is 0 Å². The lowest BCUT2D eigenvalue weighted by atomic mass is 10.2. The highest BCUT2D eigenvalue weighted by molar-refractivity contribution is 8.06. The fourth-order valence-electron chi connectivity index (χ4n) is 1.96. The molecule has 0 aliphatic rings. The van der Waals surface area contributed by atoms with E-state index in [1.807, 2.05) is 23.5 Å². The summed E-state index contributed by atoms with van der Waals surface area (Å²) >= 11 is 3.72. The first-order valence-corrected chi connectivity index (χ1v) is 9.21. The van der Waals surface area contributed by atoms with Crippen molar-refractivity contribution in [1.29, 1.82) is 0 Å². The third kappa shape index (κ3) is 6.45. The first-order chi connectivity index (χ1) is 10.4. The summed E-state index contributed by atoms with van der Waals surface area (Å²) in [7, 11) is 0. The van der Waals surface area contributed by atoms with Crippen LogP contribution in [0.4, 0.5) is 0 Å². The molecule has 0 saturated carbocycles. The molecule has 0 aromatic heterocycles. The van der Waals surface area contributed by atoms with E-state index in [1.54, 1.807) is 0 Å². The van der Waals surface area contributed by atoms with Gasteiger partial charge in [0.25, 0.3) is 0 Å². The third-order valence-electron chi connectivity index (χ3n) is 3.09. The topological polar surface area (TPSA) is 0 Å². The molecule has 2 aromatic rings. The molecule has 0 aliphatic carbocycles. The second kappa shape index (κ2) is 9.75. The molecule has 0 N–H and O–H groups in total. The van der Waals surface area contributed by atoms with Gasteiger partial charge in [0.15, 0.2) is 0 Å². The fraction of sp³-hybridized carbons (Fsp3) is 0.263. The molecule has 0 saturated heterocycles. The zero-order valence-electron chi connectivity index (χ0n) is 12.5. The SMILES string of the molecule is CCCCC/C(=C/Sc1ccccc1)Sc1ccccc1. The summed E-state index contributed by atoms with van der Waals surface area (Å²) in [4.78, 5) is 4.09. The van der Waals surface area contributed by atoms with Gasteiger partial charge in [-0.3, -0.25) is 0 Å². The molecule has 0 aliphatic heterocycles. The van der Waals surface area contributed by atoms with Gasteiger partial charge in [0, 0.05) is 9.79 Å². The van der Waals surface area contributed by atoms with Gasteiger partial charge in [0.2, 0.25) is 0 Å². The van der Waals surface area contributed by atoms with E-state index in [4.69, 9.17) is 0 Å². The van der Waals surface area contributed by atoms with Crippen LogP contribution in [0.15, 0.2) is 80.8 Å². The van der Waals surface area contributed by atoms with Gasteiger partial charge < -0.3 is 0 Å². The lowest BCUT2D eigenvalue weighted by Crippen LogP contribution is -1.81. The van der Waals surface area contributed by atoms with Gasteiger partial charge >= 0.3 is 0 Å². The van der Waals surface area contributed by atoms with E-state index in [-0.39, 0.29) is 0 Å². The number of hydrogen-bond acceptors (Lipinski definition) is 2. The molecule has 0 spiro atoms. The van der Waals surface area contributed by atoms with Crippen molar-refractivity contribution < 1.29 is 0 Å². The van der Waals surface area contributed by atoms with Crippen LogP contribution in [0.1, 0.15) is 32.6 Å². The van der Waals surface area contributed by atoms with Crippen LogP contribution >= 0.6 is 23.5 Å². The van der Waals surface area contributed by atoms with Crippen LogP contribution < -0.4 is 0 Å². The van der Waals surface area contributed by atoms with Crippen molar-refractivity contribution in [2.24, 2.45) is 0 Å². The first kappa shape index (κ1) is 16.3. The van der Waals surface area contributed by atoms with Crippen molar-refractivity contribution in [3.63, 3.8) is 0 Å². The smallest absolute Gasteiger partial charge is 0.0119 e. The summed E-state index contributed by atoms with van der Waals surface area (Å²) in [5, 5.41) is 2.32. The predicted molar refractivity (Wildman–Crippen MR) is 96.8 cm³/mol. The van der Waals surface area contributed by atoms with Crippen LogP contribution in [-0.4, -0.2) is 0 Å². The second-order valence-corrected chi connectivity index (χ2v) is 7.03. The van der Waals surface area contributed by atoms with E-state index < -0.39 is 0 Å². The van der Waals surface area contributed by atoms with Gasteiger partial charge in [-0.25, -0.2) is 0 Å². The van der Waals surface area contributed by atoms with E-state index in [9.17, 15) is 0 Å². The van der Waals surface area contributed by atoms with Gasteiger partial charge in [-0.2, -0.15) is 0 Å². The Hall–Kier alpha value is -1.12. The Morgan fingerprint density at radius 3 is 2.10 bits per heavy atom. The standard InChI is InChI=1S/C19H22S2/c1-2-3-6-15-19(21-18-13-9-5-10-14-18)16-20-17-11-7-4-8-12-17/h4-5,7-14,16H,2-3,6,15H2,1H3/b19-16-. The highest BCUT2D eigenvalue weighted by Crippen LogP contribution is 2.33. The number of rotatable bonds is 8. The average molecular weight is 315 g/mol. The molecular weight excluding hydrogens is 292 g/mol. The molecule has 2 aromatic carbocycles. The zero-order valence-corrected chi connectivity index (χ0v) is 14.1. The van der Waals surface area contributed by atoms with Crippen LogP contribution in [0.2, 0.25) is 0 Å². The van der Waals surface area contributed by atoms with Crippen molar-refractivity contribution in [3.05, 3.63) is 71.0 Å². The maximum atomic E-state index is 2.32. The number of unbranched alkanes of at least 4 members (excludes halogenated alkanes) is 2. The van der Waals surface area contributed by atoms with Gasteiger partial charge in [0.05, 0.1) is 0 Å². The van der Waals surface area contributed by atoms with Crippen LogP contribution in [0.5, 0.6) is 0 Å². The molecular formula is C19H22S2. The predicted octanol–water partition coefficient (Wildman–Crippen LogP) is 6.99. The van der Waals surface area contributed by atoms with E-state index in [1.165, 1.54) is 40.4 Å². The second-order valence-electron chi connectivity index (χ2n) is 4.89. The maximum absolute atomic E-state index is 2.32. The number of thioether (sulfide) groups is 2. The Balaban J connectivity index is 2.00. The van der Waals surface area contributed by atoms with E-state index in [0.717, 1.165) is 0 Å². The summed E-state index contributed by atoms with van der Waals surface area (Å²) in [5.74, 6) is 0. The molecule has 2 heteroatoms. The van der Waals surface area contributed by atoms with Gasteiger partial charge in [-0.15, -0.1) is 0 Å². The summed E-state index contributed by atoms with van der Waals surface area (Å²) in [6, 6.07) is 21.2. The molecule has 21 heavy (non-hydrogen) atoms. The summed E-state index contributed by atoms with van der Waals surface area (Å²) in [6.45, 7) is 2.26. The summed E-state index contributed by atoms with van der Waals surface area (Å²) in [6.07, 6.45) is 5.03. The molecule has 2 rings (SSSR count). The quantitative estimate of drug-likeness (QED) is 0.380. The Bertz CT molecular complexity index is 532. The Kier molecular flexibility index (Phi) is 7.55. The minimum absolute atomic E-state index is 1.17. The fourth-order valence-corrected chi connectivity index (χ4v) is 3.83. The molecule has 0 nitrogen and oxygen atoms in total. The maximum Gasteiger partial charge on any atom is 0.0119 e. The normalized spacial score (nSPS) is 11.6. The molecule has 0 fully saturated rings. The minimum atomic E-state index is 1.17. The highest BCUT2D eigenvalue weighted by atomic mass is 32.2. The monoisotopic (exact) mass is 314 g/mol. The van der Waals surface area contributed by atoms with Gasteiger partial charge in [-0.1, -0.05) is 79.7 Å². The largest absolute Gasteiger partial charge is 0.0972 e. The average Bonchev–Trinajstić information content (AvgIpc) is 2.54. The van der Waals surface area contributed by atoms with Crippen molar-refractivity contribution in [2.45, 2.75) is 42.4 Å². The van der Waals surface area contributed by atoms with Crippen molar-refractivity contribution in [2.75, 3.05) is 0 Å². The molecule has 0 atom stereocenters. The van der Waals surface area contributed by atoms with Crippen LogP contribution in [-0.2, 0) is 0 Å². The summed E-state index contributed by atoms with van der Waals surface area (Å²) in [5.41, 5.74) is 0. The van der Waals surface area contributed by atoms with Crippen LogP contribution in [0.25, 0.3) is 0 Å². The van der Waals surface area contributed by atoms with E-state index in [0.29, 0.717) is 0 Å². The van der Waals surface area contributed by atoms with Crippen molar-refractivity contribution in [3.8, 4) is 0 Å². The van der Waals surface area contributed by atoms with E-state index >= 15 is 0 Å². The Labute approximate surface area is 137 Å². The molecule has 0 bridgehead atoms. The van der Waals surface area contributed by atoms with Gasteiger partial charge in [0.1, 0.15) is 0 Å². The lowest BCUT2D eigenvalue weighted by molar-refractivity contribution is 0.726. The highest BCUT2D eigenvalue weighted by Gasteiger charge is 2.02. The first-order valence-electron chi connectivity index (χ1n) is 7.52. The molecule has 0 radical (unpaired) electrons. The lowest BCUT2D eigenvalue weighted by Gasteiger charge is -2.07. The number of hydrogen-bond donors (Lipinski definition) is 0. The molecule has 0 amide bonds. The Morgan fingerprint density at radius 2 is 1.48 bits per heavy atom. The Morgan fingerprint density at radius 1 is 0.857 bits per heavy atom. The van der Waals surface area contributed by atoms with Crippen molar-refractivity contribution >= 4 is 23.5 Å². The molecule has 0 heterocycles. The van der Waals surface area contributed by atoms with Crippen LogP contribution in [0.3, 0.4) is 0 Å². The number of allylic oxidation sites excluding steroid dienone is 1. The van der Waals surface area contributed by atoms with E-state index in [2.05, 4.69) is 73.0 Å². The molecule has 0 unspecified atom stereocenters. The number of benzene rings is 2. The molecule has 110 valence electrons.